The Balaban J connectivity index is 2.05. The van der Waals surface area contributed by atoms with E-state index in [4.69, 9.17) is 0 Å². The van der Waals surface area contributed by atoms with Crippen molar-refractivity contribution in [1.29, 1.82) is 0 Å². The van der Waals surface area contributed by atoms with Crippen molar-refractivity contribution < 1.29 is 27.8 Å². The van der Waals surface area contributed by atoms with Gasteiger partial charge in [0.25, 0.3) is 0 Å². The van der Waals surface area contributed by atoms with E-state index in [1.54, 1.807) is 0 Å². The second kappa shape index (κ2) is 6.77. The number of nitrogens with one attached hydrogen (secondary N) is 1. The average Bonchev–Trinajstić information content (AvgIpc) is 2.83. The maximum absolute atomic E-state index is 12.0. The molecule has 1 aromatic rings. The number of imidazole rings is 1. The number of hydrogen-bond donors (Lipinski definition) is 2. The third-order valence-corrected chi connectivity index (χ3v) is 3.70. The summed E-state index contributed by atoms with van der Waals surface area (Å²) in [4.78, 5) is 20.2. The van der Waals surface area contributed by atoms with Crippen LogP contribution in [0.15, 0.2) is 0 Å². The maximum atomic E-state index is 12.0. The number of halogens is 3. The molecule has 6 nitrogen and oxygen atoms in total. The lowest BCUT2D eigenvalue weighted by Gasteiger charge is -2.35. The number of rotatable bonds is 5. The Labute approximate surface area is 131 Å². The van der Waals surface area contributed by atoms with Gasteiger partial charge in [0.15, 0.2) is 0 Å². The molecular formula is C14H20F3N3O3. The molecule has 1 aliphatic rings. The van der Waals surface area contributed by atoms with Crippen LogP contribution >= 0.6 is 0 Å². The Bertz CT molecular complexity index is 557. The van der Waals surface area contributed by atoms with Crippen LogP contribution in [0.2, 0.25) is 0 Å². The summed E-state index contributed by atoms with van der Waals surface area (Å²) in [5.74, 6) is 0.567. The van der Waals surface area contributed by atoms with Crippen LogP contribution in [0.25, 0.3) is 0 Å². The molecule has 2 N–H and O–H groups in total. The molecule has 2 heterocycles. The molecule has 0 spiro atoms. The quantitative estimate of drug-likeness (QED) is 0.811. The molecule has 23 heavy (non-hydrogen) atoms. The van der Waals surface area contributed by atoms with E-state index in [2.05, 4.69) is 14.7 Å². The van der Waals surface area contributed by atoms with Gasteiger partial charge in [-0.3, -0.25) is 4.90 Å². The van der Waals surface area contributed by atoms with Crippen molar-refractivity contribution >= 4 is 6.09 Å². The molecule has 1 aliphatic heterocycles. The van der Waals surface area contributed by atoms with Gasteiger partial charge >= 0.3 is 12.3 Å². The zero-order valence-corrected chi connectivity index (χ0v) is 13.0. The molecule has 0 bridgehead atoms. The number of carboxylic acid groups (broad SMARTS) is 1. The lowest BCUT2D eigenvalue weighted by Crippen LogP contribution is -2.41. The first kappa shape index (κ1) is 17.6. The van der Waals surface area contributed by atoms with Gasteiger partial charge in [0.05, 0.1) is 18.3 Å². The number of H-pyrrole nitrogens is 1. The zero-order valence-electron chi connectivity index (χ0n) is 13.0. The summed E-state index contributed by atoms with van der Waals surface area (Å²) in [6.45, 7) is 2.82. The Morgan fingerprint density at radius 3 is 2.78 bits per heavy atom. The van der Waals surface area contributed by atoms with E-state index >= 15 is 0 Å². The fourth-order valence-electron chi connectivity index (χ4n) is 2.80. The van der Waals surface area contributed by atoms with E-state index < -0.39 is 18.9 Å². The summed E-state index contributed by atoms with van der Waals surface area (Å²) < 4.78 is 40.6. The summed E-state index contributed by atoms with van der Waals surface area (Å²) in [5, 5.41) is 9.30. The molecule has 2 rings (SSSR count). The summed E-state index contributed by atoms with van der Waals surface area (Å²) in [7, 11) is 0. The summed E-state index contributed by atoms with van der Waals surface area (Å²) in [5.41, 5.74) is 1.52. The minimum atomic E-state index is -4.34. The number of nitrogens with zero attached hydrogens (tertiary/aromatic N) is 2. The van der Waals surface area contributed by atoms with E-state index in [9.17, 15) is 23.1 Å². The predicted molar refractivity (Wildman–Crippen MR) is 75.2 cm³/mol. The molecule has 1 amide bonds. The lowest BCUT2D eigenvalue weighted by molar-refractivity contribution is -0.173. The Kier molecular flexibility index (Phi) is 5.18. The van der Waals surface area contributed by atoms with Crippen molar-refractivity contribution in [2.75, 3.05) is 19.8 Å². The van der Waals surface area contributed by atoms with Gasteiger partial charge in [-0.25, -0.2) is 9.78 Å². The lowest BCUT2D eigenvalue weighted by atomic mass is 9.94. The third kappa shape index (κ3) is 4.37. The summed E-state index contributed by atoms with van der Waals surface area (Å²) >= 11 is 0. The SMILES string of the molecule is CC(C)C1c2nc(CCOCC(F)(F)F)[nH]c2CCN1C(=O)O. The van der Waals surface area contributed by atoms with Gasteiger partial charge < -0.3 is 14.8 Å². The highest BCUT2D eigenvalue weighted by atomic mass is 19.4. The number of amides is 1. The smallest absolute Gasteiger partial charge is 0.411 e. The van der Waals surface area contributed by atoms with Crippen molar-refractivity contribution in [2.24, 2.45) is 5.92 Å². The van der Waals surface area contributed by atoms with Gasteiger partial charge in [0, 0.05) is 25.1 Å². The molecule has 0 saturated carbocycles. The van der Waals surface area contributed by atoms with E-state index in [1.807, 2.05) is 13.8 Å². The van der Waals surface area contributed by atoms with Crippen molar-refractivity contribution in [3.05, 3.63) is 17.2 Å². The first-order valence-corrected chi connectivity index (χ1v) is 7.40. The van der Waals surface area contributed by atoms with Crippen LogP contribution in [0.4, 0.5) is 18.0 Å². The number of ether oxygens (including phenoxy) is 1. The van der Waals surface area contributed by atoms with E-state index in [-0.39, 0.29) is 25.0 Å². The van der Waals surface area contributed by atoms with Crippen molar-refractivity contribution in [1.82, 2.24) is 14.9 Å². The van der Waals surface area contributed by atoms with Crippen molar-refractivity contribution in [3.8, 4) is 0 Å². The number of alkyl halides is 3. The molecule has 1 unspecified atom stereocenters. The van der Waals surface area contributed by atoms with Crippen molar-refractivity contribution in [2.45, 2.75) is 38.9 Å². The molecule has 1 aromatic heterocycles. The highest BCUT2D eigenvalue weighted by Crippen LogP contribution is 2.33. The van der Waals surface area contributed by atoms with Crippen LogP contribution in [-0.4, -0.2) is 52.0 Å². The topological polar surface area (TPSA) is 78.5 Å². The van der Waals surface area contributed by atoms with Gasteiger partial charge in [0.1, 0.15) is 12.4 Å². The second-order valence-electron chi connectivity index (χ2n) is 5.88. The minimum Gasteiger partial charge on any atom is -0.465 e. The van der Waals surface area contributed by atoms with Gasteiger partial charge in [-0.2, -0.15) is 13.2 Å². The van der Waals surface area contributed by atoms with Gasteiger partial charge in [-0.05, 0) is 5.92 Å². The first-order valence-electron chi connectivity index (χ1n) is 7.40. The van der Waals surface area contributed by atoms with Gasteiger partial charge in [0.2, 0.25) is 0 Å². The normalized spacial score (nSPS) is 18.3. The highest BCUT2D eigenvalue weighted by Gasteiger charge is 2.35. The highest BCUT2D eigenvalue weighted by molar-refractivity contribution is 5.66. The molecule has 0 saturated heterocycles. The standard InChI is InChI=1S/C14H20F3N3O3/c1-8(2)12-11-9(3-5-20(12)13(21)22)18-10(19-11)4-6-23-7-14(15,16)17/h8,12H,3-7H2,1-2H3,(H,18,19)(H,21,22). The van der Waals surface area contributed by atoms with Crippen LogP contribution in [0.5, 0.6) is 0 Å². The van der Waals surface area contributed by atoms with Crippen LogP contribution in [0, 0.1) is 5.92 Å². The fraction of sp³-hybridized carbons (Fsp3) is 0.714. The number of carbonyl (C=O) groups is 1. The largest absolute Gasteiger partial charge is 0.465 e. The molecule has 0 radical (unpaired) electrons. The average molecular weight is 335 g/mol. The van der Waals surface area contributed by atoms with Crippen LogP contribution in [-0.2, 0) is 17.6 Å². The molecule has 9 heteroatoms. The minimum absolute atomic E-state index is 0.0442. The molecular weight excluding hydrogens is 315 g/mol. The summed E-state index contributed by atoms with van der Waals surface area (Å²) in [6, 6.07) is -0.350. The van der Waals surface area contributed by atoms with Gasteiger partial charge in [-0.1, -0.05) is 13.8 Å². The van der Waals surface area contributed by atoms with Crippen LogP contribution < -0.4 is 0 Å². The predicted octanol–water partition coefficient (Wildman–Crippen LogP) is 2.76. The molecule has 130 valence electrons. The molecule has 0 aliphatic carbocycles. The Morgan fingerprint density at radius 1 is 1.52 bits per heavy atom. The van der Waals surface area contributed by atoms with Gasteiger partial charge in [-0.15, -0.1) is 0 Å². The molecule has 1 atom stereocenters. The van der Waals surface area contributed by atoms with Crippen LogP contribution in [0.3, 0.4) is 0 Å². The van der Waals surface area contributed by atoms with Crippen LogP contribution in [0.1, 0.15) is 37.1 Å². The number of aromatic nitrogens is 2. The Hall–Kier alpha value is -1.77. The van der Waals surface area contributed by atoms with E-state index in [0.29, 0.717) is 24.5 Å². The zero-order chi connectivity index (χ0) is 17.2. The molecule has 0 fully saturated rings. The summed E-state index contributed by atoms with van der Waals surface area (Å²) in [6.07, 6.45) is -4.59. The Morgan fingerprint density at radius 2 is 2.22 bits per heavy atom. The second-order valence-corrected chi connectivity index (χ2v) is 5.88. The van der Waals surface area contributed by atoms with Crippen molar-refractivity contribution in [3.63, 3.8) is 0 Å². The fourth-order valence-corrected chi connectivity index (χ4v) is 2.80. The van der Waals surface area contributed by atoms with E-state index in [1.165, 1.54) is 4.90 Å². The number of fused-ring (bicyclic) bond motifs is 1. The maximum Gasteiger partial charge on any atom is 0.411 e. The van der Waals surface area contributed by atoms with E-state index in [0.717, 1.165) is 5.69 Å². The first-order chi connectivity index (χ1) is 10.7. The molecule has 0 aromatic carbocycles. The number of hydrogen-bond acceptors (Lipinski definition) is 3. The third-order valence-electron chi connectivity index (χ3n) is 3.70. The number of aromatic amines is 1. The monoisotopic (exact) mass is 335 g/mol.